The van der Waals surface area contributed by atoms with Crippen LogP contribution in [0.2, 0.25) is 0 Å². The second kappa shape index (κ2) is 6.84. The fourth-order valence-corrected chi connectivity index (χ4v) is 4.83. The molecular formula is C18H15N3S3. The molecule has 0 spiro atoms. The van der Waals surface area contributed by atoms with Crippen LogP contribution in [-0.4, -0.2) is 9.97 Å². The topological polar surface area (TPSA) is 51.8 Å². The minimum atomic E-state index is 0.575. The van der Waals surface area contributed by atoms with Gasteiger partial charge >= 0.3 is 0 Å². The van der Waals surface area contributed by atoms with Gasteiger partial charge in [-0.3, -0.25) is 0 Å². The third-order valence-electron chi connectivity index (χ3n) is 3.66. The summed E-state index contributed by atoms with van der Waals surface area (Å²) in [7, 11) is 0. The molecule has 0 fully saturated rings. The van der Waals surface area contributed by atoms with E-state index in [0.717, 1.165) is 34.8 Å². The van der Waals surface area contributed by atoms with Crippen molar-refractivity contribution in [2.24, 2.45) is 0 Å². The number of rotatable bonds is 5. The molecule has 0 radical (unpaired) electrons. The lowest BCUT2D eigenvalue weighted by Crippen LogP contribution is -2.07. The molecule has 0 amide bonds. The fourth-order valence-electron chi connectivity index (χ4n) is 2.62. The van der Waals surface area contributed by atoms with Crippen molar-refractivity contribution in [3.63, 3.8) is 0 Å². The summed E-state index contributed by atoms with van der Waals surface area (Å²) in [5.74, 6) is 1.37. The van der Waals surface area contributed by atoms with E-state index in [0.29, 0.717) is 5.82 Å². The highest BCUT2D eigenvalue weighted by atomic mass is 32.1. The van der Waals surface area contributed by atoms with Crippen LogP contribution in [0, 0.1) is 0 Å². The van der Waals surface area contributed by atoms with Crippen LogP contribution in [0.4, 0.5) is 5.82 Å². The summed E-state index contributed by atoms with van der Waals surface area (Å²) in [5, 5.41) is 6.23. The number of nitrogen functional groups attached to an aromatic ring is 1. The van der Waals surface area contributed by atoms with Crippen LogP contribution >= 0.6 is 34.0 Å². The SMILES string of the molecule is Nc1nc(Cc2cccs2)nc(Cc2cccs2)c1-c1cccs1. The largest absolute Gasteiger partial charge is 0.383 e. The Morgan fingerprint density at radius 1 is 0.792 bits per heavy atom. The number of nitrogens with two attached hydrogens (primary N) is 1. The number of thiophene rings is 3. The van der Waals surface area contributed by atoms with E-state index in [4.69, 9.17) is 10.7 Å². The molecule has 6 heteroatoms. The number of anilines is 1. The van der Waals surface area contributed by atoms with E-state index < -0.39 is 0 Å². The first-order valence-corrected chi connectivity index (χ1v) is 10.2. The molecule has 0 aliphatic carbocycles. The van der Waals surface area contributed by atoms with Crippen LogP contribution in [-0.2, 0) is 12.8 Å². The standard InChI is InChI=1S/C18H15N3S3/c19-18-17(15-6-3-9-24-15)14(10-12-4-1-7-22-12)20-16(21-18)11-13-5-2-8-23-13/h1-9H,10-11H2,(H2,19,20,21). The molecule has 4 aromatic heterocycles. The van der Waals surface area contributed by atoms with Crippen molar-refractivity contribution in [2.75, 3.05) is 5.73 Å². The first-order chi connectivity index (χ1) is 11.8. The Kier molecular flexibility index (Phi) is 4.42. The van der Waals surface area contributed by atoms with Gasteiger partial charge in [0.15, 0.2) is 0 Å². The van der Waals surface area contributed by atoms with Crippen LogP contribution in [0.25, 0.3) is 10.4 Å². The molecule has 0 aromatic carbocycles. The predicted octanol–water partition coefficient (Wildman–Crippen LogP) is 5.09. The Morgan fingerprint density at radius 3 is 2.08 bits per heavy atom. The van der Waals surface area contributed by atoms with Gasteiger partial charge < -0.3 is 5.73 Å². The van der Waals surface area contributed by atoms with E-state index in [2.05, 4.69) is 51.5 Å². The lowest BCUT2D eigenvalue weighted by molar-refractivity contribution is 0.939. The first kappa shape index (κ1) is 15.5. The average Bonchev–Trinajstić information content (AvgIpc) is 3.30. The van der Waals surface area contributed by atoms with Crippen molar-refractivity contribution >= 4 is 39.8 Å². The van der Waals surface area contributed by atoms with Gasteiger partial charge in [-0.1, -0.05) is 18.2 Å². The van der Waals surface area contributed by atoms with E-state index in [1.807, 2.05) is 6.07 Å². The van der Waals surface area contributed by atoms with Crippen molar-refractivity contribution in [1.29, 1.82) is 0 Å². The van der Waals surface area contributed by atoms with Gasteiger partial charge in [-0.05, 0) is 34.3 Å². The molecule has 0 aliphatic rings. The Labute approximate surface area is 152 Å². The van der Waals surface area contributed by atoms with Crippen molar-refractivity contribution in [1.82, 2.24) is 9.97 Å². The monoisotopic (exact) mass is 369 g/mol. The minimum absolute atomic E-state index is 0.575. The highest BCUT2D eigenvalue weighted by molar-refractivity contribution is 7.13. The molecule has 4 heterocycles. The van der Waals surface area contributed by atoms with Crippen LogP contribution in [0.5, 0.6) is 0 Å². The predicted molar refractivity (Wildman–Crippen MR) is 104 cm³/mol. The molecule has 4 rings (SSSR count). The molecule has 0 atom stereocenters. The maximum absolute atomic E-state index is 6.33. The Morgan fingerprint density at radius 2 is 1.46 bits per heavy atom. The van der Waals surface area contributed by atoms with Gasteiger partial charge in [0.2, 0.25) is 0 Å². The number of aromatic nitrogens is 2. The van der Waals surface area contributed by atoms with E-state index in [1.165, 1.54) is 9.75 Å². The zero-order chi connectivity index (χ0) is 16.4. The molecule has 0 saturated heterocycles. The quantitative estimate of drug-likeness (QED) is 0.533. The van der Waals surface area contributed by atoms with Gasteiger partial charge in [0.1, 0.15) is 11.6 Å². The van der Waals surface area contributed by atoms with Crippen LogP contribution < -0.4 is 5.73 Å². The zero-order valence-electron chi connectivity index (χ0n) is 12.8. The van der Waals surface area contributed by atoms with E-state index in [1.54, 1.807) is 34.0 Å². The number of hydrogen-bond donors (Lipinski definition) is 1. The second-order valence-electron chi connectivity index (χ2n) is 5.34. The zero-order valence-corrected chi connectivity index (χ0v) is 15.3. The molecule has 0 bridgehead atoms. The lowest BCUT2D eigenvalue weighted by atomic mass is 10.1. The van der Waals surface area contributed by atoms with Crippen molar-refractivity contribution in [3.8, 4) is 10.4 Å². The molecule has 24 heavy (non-hydrogen) atoms. The van der Waals surface area contributed by atoms with Gasteiger partial charge in [0, 0.05) is 27.5 Å². The summed E-state index contributed by atoms with van der Waals surface area (Å²) in [6, 6.07) is 12.5. The van der Waals surface area contributed by atoms with Gasteiger partial charge in [-0.25, -0.2) is 9.97 Å². The molecule has 120 valence electrons. The molecule has 0 unspecified atom stereocenters. The van der Waals surface area contributed by atoms with Gasteiger partial charge in [-0.15, -0.1) is 34.0 Å². The van der Waals surface area contributed by atoms with Gasteiger partial charge in [0.25, 0.3) is 0 Å². The smallest absolute Gasteiger partial charge is 0.136 e. The molecule has 2 N–H and O–H groups in total. The third-order valence-corrected chi connectivity index (χ3v) is 6.30. The molecular weight excluding hydrogens is 354 g/mol. The van der Waals surface area contributed by atoms with E-state index in [-0.39, 0.29) is 0 Å². The van der Waals surface area contributed by atoms with Crippen LogP contribution in [0.15, 0.2) is 52.5 Å². The normalized spacial score (nSPS) is 11.0. The maximum Gasteiger partial charge on any atom is 0.136 e. The van der Waals surface area contributed by atoms with Crippen molar-refractivity contribution < 1.29 is 0 Å². The maximum atomic E-state index is 6.33. The Bertz CT molecular complexity index is 911. The molecule has 3 nitrogen and oxygen atoms in total. The summed E-state index contributed by atoms with van der Waals surface area (Å²) >= 11 is 5.14. The van der Waals surface area contributed by atoms with Crippen LogP contribution in [0.1, 0.15) is 21.3 Å². The first-order valence-electron chi connectivity index (χ1n) is 7.53. The van der Waals surface area contributed by atoms with Crippen molar-refractivity contribution in [2.45, 2.75) is 12.8 Å². The lowest BCUT2D eigenvalue weighted by Gasteiger charge is -2.11. The van der Waals surface area contributed by atoms with E-state index in [9.17, 15) is 0 Å². The highest BCUT2D eigenvalue weighted by Crippen LogP contribution is 2.33. The summed E-state index contributed by atoms with van der Waals surface area (Å²) in [4.78, 5) is 13.1. The molecule has 4 aromatic rings. The van der Waals surface area contributed by atoms with Gasteiger partial charge in [0.05, 0.1) is 11.3 Å². The second-order valence-corrected chi connectivity index (χ2v) is 8.35. The third kappa shape index (κ3) is 3.26. The number of nitrogens with zero attached hydrogens (tertiary/aromatic N) is 2. The minimum Gasteiger partial charge on any atom is -0.383 e. The Hall–Kier alpha value is -2.02. The van der Waals surface area contributed by atoms with E-state index >= 15 is 0 Å². The summed E-state index contributed by atoms with van der Waals surface area (Å²) in [5.41, 5.74) is 8.33. The fraction of sp³-hybridized carbons (Fsp3) is 0.111. The van der Waals surface area contributed by atoms with Crippen molar-refractivity contribution in [3.05, 3.63) is 73.8 Å². The Balaban J connectivity index is 1.77. The van der Waals surface area contributed by atoms with Crippen LogP contribution in [0.3, 0.4) is 0 Å². The molecule has 0 saturated carbocycles. The average molecular weight is 370 g/mol. The summed E-state index contributed by atoms with van der Waals surface area (Å²) in [6.07, 6.45) is 1.51. The molecule has 0 aliphatic heterocycles. The highest BCUT2D eigenvalue weighted by Gasteiger charge is 2.16. The summed E-state index contributed by atoms with van der Waals surface area (Å²) < 4.78 is 0. The number of hydrogen-bond acceptors (Lipinski definition) is 6. The summed E-state index contributed by atoms with van der Waals surface area (Å²) in [6.45, 7) is 0. The van der Waals surface area contributed by atoms with Gasteiger partial charge in [-0.2, -0.15) is 0 Å².